The van der Waals surface area contributed by atoms with Gasteiger partial charge in [0.15, 0.2) is 5.75 Å². The number of nitrogens with zero attached hydrogens (tertiary/aromatic N) is 3. The maximum Gasteiger partial charge on any atom is 0.411 e. The minimum atomic E-state index is -1.62. The molecule has 0 saturated carbocycles. The highest BCUT2D eigenvalue weighted by Crippen LogP contribution is 2.39. The summed E-state index contributed by atoms with van der Waals surface area (Å²) in [5, 5.41) is 22.8. The number of nitriles is 1. The van der Waals surface area contributed by atoms with E-state index < -0.39 is 17.7 Å². The van der Waals surface area contributed by atoms with Crippen molar-refractivity contribution in [2.24, 2.45) is 5.10 Å². The van der Waals surface area contributed by atoms with Gasteiger partial charge in [-0.1, -0.05) is 23.2 Å². The summed E-state index contributed by atoms with van der Waals surface area (Å²) in [6.07, 6.45) is -0.921. The molecule has 0 unspecified atom stereocenters. The molecular weight excluding hydrogens is 473 g/mol. The first-order valence-corrected chi connectivity index (χ1v) is 10.4. The number of benzene rings is 2. The highest BCUT2D eigenvalue weighted by molar-refractivity contribution is 6.46. The molecule has 0 radical (unpaired) electrons. The van der Waals surface area contributed by atoms with Gasteiger partial charge in [-0.15, -0.1) is 0 Å². The zero-order valence-electron chi connectivity index (χ0n) is 17.2. The predicted octanol–water partition coefficient (Wildman–Crippen LogP) is 3.89. The van der Waals surface area contributed by atoms with Gasteiger partial charge in [-0.3, -0.25) is 20.3 Å². The number of carboxylic acid groups (broad SMARTS) is 1. The molecule has 2 aromatic carbocycles. The van der Waals surface area contributed by atoms with E-state index >= 15 is 0 Å². The Bertz CT molecular complexity index is 1190. The highest BCUT2D eigenvalue weighted by atomic mass is 35.5. The molecule has 3 amide bonds. The Morgan fingerprint density at radius 1 is 1.27 bits per heavy atom. The van der Waals surface area contributed by atoms with Gasteiger partial charge in [-0.05, 0) is 49.2 Å². The van der Waals surface area contributed by atoms with Crippen LogP contribution in [0.15, 0.2) is 35.4 Å². The molecule has 0 spiro atoms. The number of halogens is 2. The van der Waals surface area contributed by atoms with Crippen LogP contribution in [-0.4, -0.2) is 46.7 Å². The van der Waals surface area contributed by atoms with Crippen molar-refractivity contribution in [1.82, 2.24) is 10.2 Å². The SMILES string of the molecule is CCN1CCc2cc(Oc3c(Cl)cc(NN=C(C#N)C(=O)NC(=O)O)cc3Cl)ccc2C1=O. The molecule has 3 rings (SSSR count). The number of hydrazone groups is 1. The minimum Gasteiger partial charge on any atom is -0.465 e. The van der Waals surface area contributed by atoms with Gasteiger partial charge < -0.3 is 14.7 Å². The Balaban J connectivity index is 1.78. The van der Waals surface area contributed by atoms with E-state index in [0.29, 0.717) is 30.8 Å². The normalized spacial score (nSPS) is 13.1. The summed E-state index contributed by atoms with van der Waals surface area (Å²) in [5.74, 6) is -0.603. The molecule has 12 heteroatoms. The number of fused-ring (bicyclic) bond motifs is 1. The van der Waals surface area contributed by atoms with Crippen LogP contribution in [0.2, 0.25) is 10.0 Å². The number of imide groups is 1. The Hall–Kier alpha value is -3.81. The minimum absolute atomic E-state index is 0.0221. The number of nitrogens with one attached hydrogen (secondary N) is 2. The molecule has 0 fully saturated rings. The van der Waals surface area contributed by atoms with Gasteiger partial charge in [0.2, 0.25) is 5.71 Å². The van der Waals surface area contributed by atoms with Crippen LogP contribution in [-0.2, 0) is 11.2 Å². The fourth-order valence-electron chi connectivity index (χ4n) is 3.12. The van der Waals surface area contributed by atoms with Gasteiger partial charge in [-0.25, -0.2) is 4.79 Å². The average Bonchev–Trinajstić information content (AvgIpc) is 2.76. The molecule has 1 aliphatic heterocycles. The van der Waals surface area contributed by atoms with Gasteiger partial charge in [0.1, 0.15) is 11.8 Å². The van der Waals surface area contributed by atoms with Crippen molar-refractivity contribution in [3.05, 3.63) is 51.5 Å². The van der Waals surface area contributed by atoms with Crippen molar-refractivity contribution in [2.45, 2.75) is 13.3 Å². The number of carbonyl (C=O) groups excluding carboxylic acids is 2. The van der Waals surface area contributed by atoms with Crippen molar-refractivity contribution < 1.29 is 24.2 Å². The molecule has 3 N–H and O–H groups in total. The van der Waals surface area contributed by atoms with Crippen LogP contribution in [0.5, 0.6) is 11.5 Å². The Kier molecular flexibility index (Phi) is 7.37. The van der Waals surface area contributed by atoms with Crippen LogP contribution in [0.1, 0.15) is 22.8 Å². The fourth-order valence-corrected chi connectivity index (χ4v) is 3.69. The number of anilines is 1. The molecule has 1 heterocycles. The number of amides is 3. The third kappa shape index (κ3) is 5.52. The molecule has 0 atom stereocenters. The van der Waals surface area contributed by atoms with Crippen LogP contribution >= 0.6 is 23.2 Å². The van der Waals surface area contributed by atoms with Crippen LogP contribution in [0.25, 0.3) is 0 Å². The predicted molar refractivity (Wildman–Crippen MR) is 121 cm³/mol. The largest absolute Gasteiger partial charge is 0.465 e. The van der Waals surface area contributed by atoms with Gasteiger partial charge in [0.25, 0.3) is 11.8 Å². The summed E-state index contributed by atoms with van der Waals surface area (Å²) in [6, 6.07) is 9.40. The number of hydrogen-bond acceptors (Lipinski definition) is 7. The maximum atomic E-state index is 12.4. The Morgan fingerprint density at radius 2 is 1.97 bits per heavy atom. The van der Waals surface area contributed by atoms with Crippen molar-refractivity contribution in [3.63, 3.8) is 0 Å². The van der Waals surface area contributed by atoms with Gasteiger partial charge in [0.05, 0.1) is 15.7 Å². The monoisotopic (exact) mass is 489 g/mol. The lowest BCUT2D eigenvalue weighted by Gasteiger charge is -2.27. The first kappa shape index (κ1) is 23.8. The molecule has 170 valence electrons. The van der Waals surface area contributed by atoms with E-state index in [9.17, 15) is 14.4 Å². The van der Waals surface area contributed by atoms with Crippen molar-refractivity contribution in [2.75, 3.05) is 18.5 Å². The molecule has 33 heavy (non-hydrogen) atoms. The summed E-state index contributed by atoms with van der Waals surface area (Å²) in [4.78, 5) is 36.3. The quantitative estimate of drug-likeness (QED) is 0.412. The van der Waals surface area contributed by atoms with Crippen molar-refractivity contribution >= 4 is 52.5 Å². The van der Waals surface area contributed by atoms with Crippen LogP contribution in [0, 0.1) is 11.3 Å². The molecule has 10 nitrogen and oxygen atoms in total. The average molecular weight is 490 g/mol. The second kappa shape index (κ2) is 10.2. The molecule has 0 aliphatic carbocycles. The maximum absolute atomic E-state index is 12.4. The second-order valence-electron chi connectivity index (χ2n) is 6.77. The number of likely N-dealkylation sites (N-methyl/N-ethyl adjacent to an activating group) is 1. The van der Waals surface area contributed by atoms with Crippen LogP contribution in [0.3, 0.4) is 0 Å². The van der Waals surface area contributed by atoms with Gasteiger partial charge in [0, 0.05) is 18.7 Å². The first-order chi connectivity index (χ1) is 15.7. The zero-order chi connectivity index (χ0) is 24.1. The highest BCUT2D eigenvalue weighted by Gasteiger charge is 2.23. The van der Waals surface area contributed by atoms with E-state index in [1.807, 2.05) is 6.92 Å². The Morgan fingerprint density at radius 3 is 2.58 bits per heavy atom. The zero-order valence-corrected chi connectivity index (χ0v) is 18.7. The van der Waals surface area contributed by atoms with Gasteiger partial charge in [-0.2, -0.15) is 10.4 Å². The summed E-state index contributed by atoms with van der Waals surface area (Å²) in [7, 11) is 0. The van der Waals surface area contributed by atoms with E-state index in [-0.39, 0.29) is 27.4 Å². The third-order valence-corrected chi connectivity index (χ3v) is 5.25. The van der Waals surface area contributed by atoms with E-state index in [4.69, 9.17) is 38.3 Å². The number of carbonyl (C=O) groups is 3. The number of ether oxygens (including phenoxy) is 1. The van der Waals surface area contributed by atoms with Crippen LogP contribution in [0.4, 0.5) is 10.5 Å². The standard InChI is InChI=1S/C21H17Cl2N5O5/c1-2-28-6-5-11-7-13(3-4-14(11)20(28)30)33-18-15(22)8-12(9-16(18)23)26-27-17(10-24)19(29)25-21(31)32/h3-4,7-9,26H,2,5-6H2,1H3,(H,25,29)(H,31,32). The van der Waals surface area contributed by atoms with Crippen molar-refractivity contribution in [1.29, 1.82) is 5.26 Å². The molecule has 2 aromatic rings. The topological polar surface area (TPSA) is 144 Å². The second-order valence-corrected chi connectivity index (χ2v) is 7.58. The number of rotatable bonds is 6. The van der Waals surface area contributed by atoms with E-state index in [2.05, 4.69) is 10.5 Å². The van der Waals surface area contributed by atoms with E-state index in [0.717, 1.165) is 5.56 Å². The summed E-state index contributed by atoms with van der Waals surface area (Å²) >= 11 is 12.6. The molecule has 0 saturated heterocycles. The lowest BCUT2D eigenvalue weighted by atomic mass is 9.99. The van der Waals surface area contributed by atoms with Crippen LogP contribution < -0.4 is 15.5 Å². The fraction of sp³-hybridized carbons (Fsp3) is 0.190. The lowest BCUT2D eigenvalue weighted by Crippen LogP contribution is -2.37. The molecule has 0 aromatic heterocycles. The third-order valence-electron chi connectivity index (χ3n) is 4.68. The summed E-state index contributed by atoms with van der Waals surface area (Å²) in [5.41, 5.74) is 3.43. The molecule has 0 bridgehead atoms. The molecular formula is C21H17Cl2N5O5. The Labute approximate surface area is 198 Å². The van der Waals surface area contributed by atoms with Crippen molar-refractivity contribution in [3.8, 4) is 17.6 Å². The lowest BCUT2D eigenvalue weighted by molar-refractivity contribution is -0.114. The number of hydrogen-bond donors (Lipinski definition) is 3. The smallest absolute Gasteiger partial charge is 0.411 e. The summed E-state index contributed by atoms with van der Waals surface area (Å²) in [6.45, 7) is 3.20. The van der Waals surface area contributed by atoms with E-state index in [1.165, 1.54) is 23.5 Å². The molecule has 1 aliphatic rings. The summed E-state index contributed by atoms with van der Waals surface area (Å²) < 4.78 is 5.84. The first-order valence-electron chi connectivity index (χ1n) is 9.60. The van der Waals surface area contributed by atoms with E-state index in [1.54, 1.807) is 23.1 Å². The van der Waals surface area contributed by atoms with Gasteiger partial charge >= 0.3 is 6.09 Å².